The van der Waals surface area contributed by atoms with Crippen LogP contribution >= 0.6 is 11.8 Å². The van der Waals surface area contributed by atoms with Gasteiger partial charge in [0, 0.05) is 55.8 Å². The molecule has 0 aliphatic carbocycles. The van der Waals surface area contributed by atoms with Gasteiger partial charge in [0.2, 0.25) is 5.91 Å². The van der Waals surface area contributed by atoms with Crippen molar-refractivity contribution < 1.29 is 4.79 Å². The number of amides is 1. The molecule has 1 unspecified atom stereocenters. The van der Waals surface area contributed by atoms with Gasteiger partial charge in [-0.05, 0) is 18.7 Å². The number of rotatable bonds is 2. The van der Waals surface area contributed by atoms with Gasteiger partial charge < -0.3 is 15.1 Å². The second-order valence-corrected chi connectivity index (χ2v) is 6.99. The Balaban J connectivity index is 1.75. The molecule has 0 spiro atoms. The molecule has 21 heavy (non-hydrogen) atoms. The SMILES string of the molecule is CN1CCN(C(=O)CC2CSCCN2)c2ccccc2C1. The standard InChI is InChI=1S/C16H23N3OS/c1-18-7-8-19(15-5-3-2-4-13(15)11-18)16(20)10-14-12-21-9-6-17-14/h2-5,14,17H,6-12H2,1H3. The number of anilines is 1. The molecule has 4 nitrogen and oxygen atoms in total. The average Bonchev–Trinajstić information content (AvgIpc) is 2.66. The third-order valence-electron chi connectivity index (χ3n) is 4.15. The second-order valence-electron chi connectivity index (χ2n) is 5.84. The number of hydrogen-bond donors (Lipinski definition) is 1. The maximum Gasteiger partial charge on any atom is 0.228 e. The summed E-state index contributed by atoms with van der Waals surface area (Å²) in [6, 6.07) is 8.62. The van der Waals surface area contributed by atoms with Crippen molar-refractivity contribution in [2.24, 2.45) is 0 Å². The van der Waals surface area contributed by atoms with Gasteiger partial charge in [0.25, 0.3) is 0 Å². The summed E-state index contributed by atoms with van der Waals surface area (Å²) < 4.78 is 0. The summed E-state index contributed by atoms with van der Waals surface area (Å²) in [5, 5.41) is 3.46. The van der Waals surface area contributed by atoms with Crippen molar-refractivity contribution >= 4 is 23.4 Å². The Morgan fingerprint density at radius 2 is 2.24 bits per heavy atom. The topological polar surface area (TPSA) is 35.6 Å². The fourth-order valence-electron chi connectivity index (χ4n) is 3.00. The molecule has 0 saturated carbocycles. The number of thioether (sulfide) groups is 1. The lowest BCUT2D eigenvalue weighted by Crippen LogP contribution is -2.43. The van der Waals surface area contributed by atoms with Crippen LogP contribution in [0.5, 0.6) is 0 Å². The minimum atomic E-state index is 0.248. The Labute approximate surface area is 130 Å². The molecule has 5 heteroatoms. The van der Waals surface area contributed by atoms with E-state index in [1.807, 2.05) is 22.7 Å². The lowest BCUT2D eigenvalue weighted by Gasteiger charge is -2.27. The zero-order chi connectivity index (χ0) is 14.7. The van der Waals surface area contributed by atoms with Gasteiger partial charge in [-0.25, -0.2) is 0 Å². The maximum absolute atomic E-state index is 12.7. The third kappa shape index (κ3) is 3.59. The van der Waals surface area contributed by atoms with Gasteiger partial charge in [0.15, 0.2) is 0 Å². The van der Waals surface area contributed by atoms with Crippen molar-refractivity contribution in [3.05, 3.63) is 29.8 Å². The Morgan fingerprint density at radius 3 is 3.05 bits per heavy atom. The van der Waals surface area contributed by atoms with Gasteiger partial charge in [-0.2, -0.15) is 11.8 Å². The van der Waals surface area contributed by atoms with E-state index in [0.29, 0.717) is 12.5 Å². The Hall–Kier alpha value is -1.04. The number of likely N-dealkylation sites (N-methyl/N-ethyl adjacent to an activating group) is 1. The van der Waals surface area contributed by atoms with E-state index in [-0.39, 0.29) is 5.91 Å². The van der Waals surface area contributed by atoms with Crippen molar-refractivity contribution in [2.75, 3.05) is 43.1 Å². The average molecular weight is 305 g/mol. The highest BCUT2D eigenvalue weighted by Gasteiger charge is 2.25. The monoisotopic (exact) mass is 305 g/mol. The maximum atomic E-state index is 12.7. The summed E-state index contributed by atoms with van der Waals surface area (Å²) in [4.78, 5) is 17.0. The molecule has 1 aromatic carbocycles. The number of benzene rings is 1. The van der Waals surface area contributed by atoms with Gasteiger partial charge >= 0.3 is 0 Å². The van der Waals surface area contributed by atoms with Gasteiger partial charge in [0.1, 0.15) is 0 Å². The van der Waals surface area contributed by atoms with E-state index >= 15 is 0 Å². The molecule has 1 N–H and O–H groups in total. The van der Waals surface area contributed by atoms with E-state index < -0.39 is 0 Å². The number of carbonyl (C=O) groups is 1. The van der Waals surface area contributed by atoms with E-state index in [4.69, 9.17) is 0 Å². The number of carbonyl (C=O) groups excluding carboxylic acids is 1. The molecule has 0 aromatic heterocycles. The van der Waals surface area contributed by atoms with E-state index in [0.717, 1.165) is 43.4 Å². The molecule has 1 atom stereocenters. The molecule has 1 aromatic rings. The highest BCUT2D eigenvalue weighted by molar-refractivity contribution is 7.99. The molecule has 3 rings (SSSR count). The van der Waals surface area contributed by atoms with Crippen LogP contribution in [0.15, 0.2) is 24.3 Å². The summed E-state index contributed by atoms with van der Waals surface area (Å²) in [6.45, 7) is 3.64. The first kappa shape index (κ1) is 14.9. The van der Waals surface area contributed by atoms with Crippen LogP contribution in [0, 0.1) is 0 Å². The van der Waals surface area contributed by atoms with Gasteiger partial charge in [-0.1, -0.05) is 18.2 Å². The minimum Gasteiger partial charge on any atom is -0.312 e. The molecular weight excluding hydrogens is 282 g/mol. The molecular formula is C16H23N3OS. The zero-order valence-corrected chi connectivity index (χ0v) is 13.4. The Bertz CT molecular complexity index is 502. The molecule has 2 heterocycles. The molecule has 2 aliphatic heterocycles. The van der Waals surface area contributed by atoms with Gasteiger partial charge in [-0.3, -0.25) is 4.79 Å². The number of nitrogens with one attached hydrogen (secondary N) is 1. The van der Waals surface area contributed by atoms with Crippen LogP contribution in [0.2, 0.25) is 0 Å². The van der Waals surface area contributed by atoms with E-state index in [1.165, 1.54) is 5.56 Å². The fourth-order valence-corrected chi connectivity index (χ4v) is 3.95. The summed E-state index contributed by atoms with van der Waals surface area (Å²) in [5.41, 5.74) is 2.34. The van der Waals surface area contributed by atoms with Crippen LogP contribution in [0.25, 0.3) is 0 Å². The van der Waals surface area contributed by atoms with E-state index in [1.54, 1.807) is 0 Å². The van der Waals surface area contributed by atoms with Crippen LogP contribution < -0.4 is 10.2 Å². The van der Waals surface area contributed by atoms with Crippen molar-refractivity contribution in [1.82, 2.24) is 10.2 Å². The highest BCUT2D eigenvalue weighted by Crippen LogP contribution is 2.25. The lowest BCUT2D eigenvalue weighted by atomic mass is 10.1. The largest absolute Gasteiger partial charge is 0.312 e. The number of nitrogens with zero attached hydrogens (tertiary/aromatic N) is 2. The third-order valence-corrected chi connectivity index (χ3v) is 5.28. The van der Waals surface area contributed by atoms with E-state index in [9.17, 15) is 4.79 Å². The molecule has 2 aliphatic rings. The van der Waals surface area contributed by atoms with Crippen LogP contribution in [0.4, 0.5) is 5.69 Å². The number of hydrogen-bond acceptors (Lipinski definition) is 4. The van der Waals surface area contributed by atoms with Crippen molar-refractivity contribution in [3.63, 3.8) is 0 Å². The van der Waals surface area contributed by atoms with Gasteiger partial charge in [-0.15, -0.1) is 0 Å². The predicted octanol–water partition coefficient (Wildman–Crippen LogP) is 1.56. The number of para-hydroxylation sites is 1. The smallest absolute Gasteiger partial charge is 0.228 e. The first-order valence-electron chi connectivity index (χ1n) is 7.62. The molecule has 0 bridgehead atoms. The molecule has 1 amide bonds. The number of fused-ring (bicyclic) bond motifs is 1. The van der Waals surface area contributed by atoms with Crippen LogP contribution in [0.3, 0.4) is 0 Å². The highest BCUT2D eigenvalue weighted by atomic mass is 32.2. The molecule has 1 fully saturated rings. The van der Waals surface area contributed by atoms with Crippen LogP contribution in [-0.4, -0.2) is 55.0 Å². The first-order chi connectivity index (χ1) is 10.2. The van der Waals surface area contributed by atoms with Crippen LogP contribution in [-0.2, 0) is 11.3 Å². The Morgan fingerprint density at radius 1 is 1.38 bits per heavy atom. The summed E-state index contributed by atoms with van der Waals surface area (Å²) >= 11 is 1.94. The zero-order valence-electron chi connectivity index (χ0n) is 12.5. The van der Waals surface area contributed by atoms with Crippen LogP contribution in [0.1, 0.15) is 12.0 Å². The van der Waals surface area contributed by atoms with Crippen molar-refractivity contribution in [2.45, 2.75) is 19.0 Å². The first-order valence-corrected chi connectivity index (χ1v) is 8.77. The molecule has 114 valence electrons. The molecule has 1 saturated heterocycles. The van der Waals surface area contributed by atoms with E-state index in [2.05, 4.69) is 35.5 Å². The summed E-state index contributed by atoms with van der Waals surface area (Å²) in [5.74, 6) is 2.45. The van der Waals surface area contributed by atoms with Crippen molar-refractivity contribution in [3.8, 4) is 0 Å². The quantitative estimate of drug-likeness (QED) is 0.899. The summed E-state index contributed by atoms with van der Waals surface area (Å²) in [7, 11) is 2.12. The predicted molar refractivity (Wildman–Crippen MR) is 88.9 cm³/mol. The lowest BCUT2D eigenvalue weighted by molar-refractivity contribution is -0.119. The minimum absolute atomic E-state index is 0.248. The summed E-state index contributed by atoms with van der Waals surface area (Å²) in [6.07, 6.45) is 0.602. The fraction of sp³-hybridized carbons (Fsp3) is 0.562. The normalized spacial score (nSPS) is 23.5. The molecule has 0 radical (unpaired) electrons. The Kier molecular flexibility index (Phi) is 4.83. The second kappa shape index (κ2) is 6.81. The van der Waals surface area contributed by atoms with Crippen molar-refractivity contribution in [1.29, 1.82) is 0 Å². The van der Waals surface area contributed by atoms with Gasteiger partial charge in [0.05, 0.1) is 0 Å².